The molecule has 17 heavy (non-hydrogen) atoms. The van der Waals surface area contributed by atoms with Crippen molar-refractivity contribution in [3.63, 3.8) is 0 Å². The van der Waals surface area contributed by atoms with E-state index in [1.54, 1.807) is 6.92 Å². The second kappa shape index (κ2) is 4.34. The maximum atomic E-state index is 9.53. The van der Waals surface area contributed by atoms with Crippen molar-refractivity contribution in [2.24, 2.45) is 0 Å². The fraction of sp³-hybridized carbons (Fsp3) is 0.727. The number of aromatic nitrogens is 4. The van der Waals surface area contributed by atoms with Crippen LogP contribution in [-0.2, 0) is 0 Å². The van der Waals surface area contributed by atoms with Crippen molar-refractivity contribution in [1.82, 2.24) is 19.8 Å². The normalized spacial score (nSPS) is 19.9. The molecule has 1 N–H and O–H groups in total. The molecular formula is C11H16N4OS. The van der Waals surface area contributed by atoms with Crippen molar-refractivity contribution < 1.29 is 5.11 Å². The molecule has 0 saturated heterocycles. The van der Waals surface area contributed by atoms with Gasteiger partial charge in [-0.15, -0.1) is 10.2 Å². The van der Waals surface area contributed by atoms with Crippen LogP contribution in [0.5, 0.6) is 0 Å². The first-order valence-corrected chi connectivity index (χ1v) is 6.97. The maximum Gasteiger partial charge on any atom is 0.234 e. The van der Waals surface area contributed by atoms with Gasteiger partial charge in [0.2, 0.25) is 4.96 Å². The molecule has 5 nitrogen and oxygen atoms in total. The molecule has 1 atom stereocenters. The van der Waals surface area contributed by atoms with E-state index in [0.29, 0.717) is 10.9 Å². The fourth-order valence-electron chi connectivity index (χ4n) is 2.43. The minimum absolute atomic E-state index is 0.489. The van der Waals surface area contributed by atoms with Crippen LogP contribution in [0, 0.1) is 0 Å². The lowest BCUT2D eigenvalue weighted by atomic mass is 9.89. The first-order chi connectivity index (χ1) is 8.25. The van der Waals surface area contributed by atoms with E-state index in [2.05, 4.69) is 15.3 Å². The lowest BCUT2D eigenvalue weighted by Gasteiger charge is -2.18. The Balaban J connectivity index is 1.98. The van der Waals surface area contributed by atoms with Crippen molar-refractivity contribution in [2.75, 3.05) is 0 Å². The van der Waals surface area contributed by atoms with Crippen LogP contribution in [0.2, 0.25) is 0 Å². The van der Waals surface area contributed by atoms with Crippen LogP contribution < -0.4 is 0 Å². The molecule has 92 valence electrons. The van der Waals surface area contributed by atoms with E-state index >= 15 is 0 Å². The predicted molar refractivity (Wildman–Crippen MR) is 65.1 cm³/mol. The summed E-state index contributed by atoms with van der Waals surface area (Å²) in [6.45, 7) is 1.73. The molecule has 2 heterocycles. The first-order valence-electron chi connectivity index (χ1n) is 6.16. The monoisotopic (exact) mass is 252 g/mol. The van der Waals surface area contributed by atoms with Crippen molar-refractivity contribution in [3.8, 4) is 0 Å². The van der Waals surface area contributed by atoms with Gasteiger partial charge in [0.15, 0.2) is 5.82 Å². The Kier molecular flexibility index (Phi) is 2.84. The molecule has 2 aromatic heterocycles. The molecule has 0 bridgehead atoms. The summed E-state index contributed by atoms with van der Waals surface area (Å²) < 4.78 is 1.82. The summed E-state index contributed by atoms with van der Waals surface area (Å²) in [6.07, 6.45) is 5.71. The average molecular weight is 252 g/mol. The molecule has 1 fully saturated rings. The molecule has 0 aromatic carbocycles. The van der Waals surface area contributed by atoms with E-state index in [9.17, 15) is 5.11 Å². The van der Waals surface area contributed by atoms with Gasteiger partial charge in [0.25, 0.3) is 0 Å². The van der Waals surface area contributed by atoms with Crippen molar-refractivity contribution >= 4 is 16.3 Å². The Bertz CT molecular complexity index is 512. The van der Waals surface area contributed by atoms with E-state index in [-0.39, 0.29) is 0 Å². The molecule has 1 unspecified atom stereocenters. The van der Waals surface area contributed by atoms with Gasteiger partial charge in [0, 0.05) is 5.92 Å². The average Bonchev–Trinajstić information content (AvgIpc) is 2.89. The zero-order valence-corrected chi connectivity index (χ0v) is 10.7. The Morgan fingerprint density at radius 1 is 1.29 bits per heavy atom. The molecule has 0 radical (unpaired) electrons. The lowest BCUT2D eigenvalue weighted by molar-refractivity contribution is 0.197. The molecule has 1 saturated carbocycles. The van der Waals surface area contributed by atoms with Crippen molar-refractivity contribution in [2.45, 2.75) is 51.0 Å². The summed E-state index contributed by atoms with van der Waals surface area (Å²) in [5, 5.41) is 23.1. The summed E-state index contributed by atoms with van der Waals surface area (Å²) in [6, 6.07) is 0. The van der Waals surface area contributed by atoms with Gasteiger partial charge in [-0.3, -0.25) is 0 Å². The zero-order valence-electron chi connectivity index (χ0n) is 9.83. The highest BCUT2D eigenvalue weighted by Crippen LogP contribution is 2.32. The van der Waals surface area contributed by atoms with E-state index in [1.807, 2.05) is 4.52 Å². The Labute approximate surface area is 103 Å². The molecule has 0 spiro atoms. The van der Waals surface area contributed by atoms with Crippen LogP contribution in [-0.4, -0.2) is 24.9 Å². The maximum absolute atomic E-state index is 9.53. The Morgan fingerprint density at radius 2 is 2.06 bits per heavy atom. The molecule has 6 heteroatoms. The van der Waals surface area contributed by atoms with Gasteiger partial charge in [-0.2, -0.15) is 9.61 Å². The molecule has 0 aliphatic heterocycles. The number of aliphatic hydroxyl groups excluding tert-OH is 1. The third-order valence-corrected chi connectivity index (χ3v) is 4.43. The first kappa shape index (κ1) is 11.1. The minimum Gasteiger partial charge on any atom is -0.386 e. The SMILES string of the molecule is CC(O)c1nn2c(C3CCCCC3)nnc2s1. The molecule has 1 aliphatic carbocycles. The van der Waals surface area contributed by atoms with Gasteiger partial charge in [0.05, 0.1) is 0 Å². The predicted octanol–water partition coefficient (Wildman–Crippen LogP) is 2.29. The van der Waals surface area contributed by atoms with E-state index in [4.69, 9.17) is 0 Å². The quantitative estimate of drug-likeness (QED) is 0.890. The highest BCUT2D eigenvalue weighted by molar-refractivity contribution is 7.16. The van der Waals surface area contributed by atoms with E-state index in [1.165, 1.54) is 43.4 Å². The molecule has 3 rings (SSSR count). The highest BCUT2D eigenvalue weighted by Gasteiger charge is 2.23. The van der Waals surface area contributed by atoms with Crippen LogP contribution >= 0.6 is 11.3 Å². The van der Waals surface area contributed by atoms with Gasteiger partial charge < -0.3 is 5.11 Å². The number of hydrogen-bond donors (Lipinski definition) is 1. The smallest absolute Gasteiger partial charge is 0.234 e. The minimum atomic E-state index is -0.527. The standard InChI is InChI=1S/C11H16N4OS/c1-7(16)10-14-15-9(12-13-11(15)17-10)8-5-3-2-4-6-8/h7-8,16H,2-6H2,1H3. The van der Waals surface area contributed by atoms with Gasteiger partial charge in [-0.25, -0.2) is 0 Å². The summed E-state index contributed by atoms with van der Waals surface area (Å²) in [5.41, 5.74) is 0. The third-order valence-electron chi connectivity index (χ3n) is 3.36. The summed E-state index contributed by atoms with van der Waals surface area (Å²) >= 11 is 1.42. The van der Waals surface area contributed by atoms with Gasteiger partial charge in [-0.05, 0) is 19.8 Å². The highest BCUT2D eigenvalue weighted by atomic mass is 32.1. The lowest BCUT2D eigenvalue weighted by Crippen LogP contribution is -2.09. The van der Waals surface area contributed by atoms with Crippen LogP contribution in [0.1, 0.15) is 61.9 Å². The summed E-state index contributed by atoms with van der Waals surface area (Å²) in [5.74, 6) is 1.46. The second-order valence-corrected chi connectivity index (χ2v) is 5.69. The summed E-state index contributed by atoms with van der Waals surface area (Å²) in [7, 11) is 0. The number of fused-ring (bicyclic) bond motifs is 1. The fourth-order valence-corrected chi connectivity index (χ4v) is 3.21. The Hall–Kier alpha value is -1.01. The topological polar surface area (TPSA) is 63.3 Å². The number of aliphatic hydroxyl groups is 1. The van der Waals surface area contributed by atoms with Gasteiger partial charge >= 0.3 is 0 Å². The van der Waals surface area contributed by atoms with Gasteiger partial charge in [-0.1, -0.05) is 30.6 Å². The number of hydrogen-bond acceptors (Lipinski definition) is 5. The summed E-state index contributed by atoms with van der Waals surface area (Å²) in [4.78, 5) is 0.793. The zero-order chi connectivity index (χ0) is 11.8. The van der Waals surface area contributed by atoms with Crippen LogP contribution in [0.3, 0.4) is 0 Å². The molecular weight excluding hydrogens is 236 g/mol. The van der Waals surface area contributed by atoms with E-state index in [0.717, 1.165) is 10.8 Å². The second-order valence-electron chi connectivity index (χ2n) is 4.70. The van der Waals surface area contributed by atoms with Crippen LogP contribution in [0.4, 0.5) is 0 Å². The van der Waals surface area contributed by atoms with Gasteiger partial charge in [0.1, 0.15) is 11.1 Å². The van der Waals surface area contributed by atoms with Crippen LogP contribution in [0.25, 0.3) is 4.96 Å². The molecule has 1 aliphatic rings. The van der Waals surface area contributed by atoms with Crippen LogP contribution in [0.15, 0.2) is 0 Å². The number of rotatable bonds is 2. The van der Waals surface area contributed by atoms with E-state index < -0.39 is 6.10 Å². The molecule has 0 amide bonds. The largest absolute Gasteiger partial charge is 0.386 e. The third kappa shape index (κ3) is 1.95. The van der Waals surface area contributed by atoms with Crippen molar-refractivity contribution in [1.29, 1.82) is 0 Å². The van der Waals surface area contributed by atoms with Crippen molar-refractivity contribution in [3.05, 3.63) is 10.8 Å². The number of nitrogens with zero attached hydrogens (tertiary/aromatic N) is 4. The molecule has 2 aromatic rings. The Morgan fingerprint density at radius 3 is 2.76 bits per heavy atom.